The maximum atomic E-state index is 6.56. The fourth-order valence-corrected chi connectivity index (χ4v) is 6.39. The average Bonchev–Trinajstić information content (AvgIpc) is 2.98. The highest BCUT2D eigenvalue weighted by Gasteiger charge is 2.34. The highest BCUT2D eigenvalue weighted by atomic mass is 16.5. The van der Waals surface area contributed by atoms with Crippen molar-refractivity contribution in [3.8, 4) is 0 Å². The molecular formula is C41H88N2O2+2. The standard InChI is InChI=1S/C41H88N2O2/c1-9-11-13-15-16-17-18-19-20-22-27-31-39-45-40-41(33-35-42(3,4)5,34-36-43(6,7)8)32-28-24-21-23-26-30-38-44-37-29-25-14-12-10-2/h9-40H2,1-8H3/q+2. The molecule has 0 unspecified atom stereocenters. The lowest BCUT2D eigenvalue weighted by molar-refractivity contribution is -0.874. The minimum atomic E-state index is 0.319. The Bertz CT molecular complexity index is 543. The summed E-state index contributed by atoms with van der Waals surface area (Å²) >= 11 is 0. The second kappa shape index (κ2) is 29.9. The van der Waals surface area contributed by atoms with E-state index in [4.69, 9.17) is 9.47 Å². The van der Waals surface area contributed by atoms with Gasteiger partial charge in [-0.1, -0.05) is 142 Å². The Morgan fingerprint density at radius 3 is 1.02 bits per heavy atom. The topological polar surface area (TPSA) is 18.5 Å². The van der Waals surface area contributed by atoms with Crippen LogP contribution in [-0.4, -0.2) is 90.8 Å². The Kier molecular flexibility index (Phi) is 29.8. The number of rotatable bonds is 36. The lowest BCUT2D eigenvalue weighted by atomic mass is 9.76. The van der Waals surface area contributed by atoms with Crippen molar-refractivity contribution in [3.05, 3.63) is 0 Å². The summed E-state index contributed by atoms with van der Waals surface area (Å²) in [5, 5.41) is 0. The lowest BCUT2D eigenvalue weighted by Gasteiger charge is -2.38. The smallest absolute Gasteiger partial charge is 0.0786 e. The van der Waals surface area contributed by atoms with E-state index in [9.17, 15) is 0 Å². The Balaban J connectivity index is 4.44. The zero-order chi connectivity index (χ0) is 33.5. The summed E-state index contributed by atoms with van der Waals surface area (Å²) in [6.45, 7) is 10.9. The summed E-state index contributed by atoms with van der Waals surface area (Å²) in [7, 11) is 14.1. The van der Waals surface area contributed by atoms with Gasteiger partial charge >= 0.3 is 0 Å². The van der Waals surface area contributed by atoms with Crippen molar-refractivity contribution < 1.29 is 18.4 Å². The molecule has 0 saturated carbocycles. The van der Waals surface area contributed by atoms with E-state index in [1.165, 1.54) is 180 Å². The number of nitrogens with zero attached hydrogens (tertiary/aromatic N) is 2. The largest absolute Gasteiger partial charge is 0.381 e. The summed E-state index contributed by atoms with van der Waals surface area (Å²) in [6, 6.07) is 0. The number of ether oxygens (including phenoxy) is 2. The van der Waals surface area contributed by atoms with Crippen molar-refractivity contribution in [1.29, 1.82) is 0 Å². The van der Waals surface area contributed by atoms with Crippen LogP contribution in [-0.2, 0) is 9.47 Å². The summed E-state index contributed by atoms with van der Waals surface area (Å²) in [5.41, 5.74) is 0.319. The molecule has 0 rings (SSSR count). The van der Waals surface area contributed by atoms with E-state index < -0.39 is 0 Å². The highest BCUT2D eigenvalue weighted by Crippen LogP contribution is 2.35. The van der Waals surface area contributed by atoms with Gasteiger partial charge in [0, 0.05) is 38.1 Å². The molecule has 0 N–H and O–H groups in total. The summed E-state index contributed by atoms with van der Waals surface area (Å²) in [6.07, 6.45) is 35.4. The van der Waals surface area contributed by atoms with Gasteiger partial charge in [0.05, 0.1) is 62.0 Å². The predicted molar refractivity (Wildman–Crippen MR) is 201 cm³/mol. The summed E-state index contributed by atoms with van der Waals surface area (Å²) in [4.78, 5) is 0. The van der Waals surface area contributed by atoms with Crippen LogP contribution in [0, 0.1) is 5.41 Å². The molecule has 0 fully saturated rings. The monoisotopic (exact) mass is 641 g/mol. The minimum Gasteiger partial charge on any atom is -0.381 e. The molecule has 0 aliphatic rings. The Labute approximate surface area is 286 Å². The van der Waals surface area contributed by atoms with Crippen LogP contribution in [0.4, 0.5) is 0 Å². The van der Waals surface area contributed by atoms with Crippen molar-refractivity contribution in [3.63, 3.8) is 0 Å². The van der Waals surface area contributed by atoms with Gasteiger partial charge in [0.15, 0.2) is 0 Å². The normalized spacial score (nSPS) is 12.8. The van der Waals surface area contributed by atoms with Crippen molar-refractivity contribution in [1.82, 2.24) is 0 Å². The molecule has 272 valence electrons. The van der Waals surface area contributed by atoms with E-state index >= 15 is 0 Å². The fraction of sp³-hybridized carbons (Fsp3) is 1.00. The van der Waals surface area contributed by atoms with Crippen LogP contribution in [0.25, 0.3) is 0 Å². The molecule has 0 amide bonds. The number of quaternary nitrogens is 2. The number of hydrogen-bond acceptors (Lipinski definition) is 2. The molecule has 0 spiro atoms. The Morgan fingerprint density at radius 1 is 0.356 bits per heavy atom. The molecule has 45 heavy (non-hydrogen) atoms. The van der Waals surface area contributed by atoms with E-state index in [2.05, 4.69) is 56.1 Å². The Morgan fingerprint density at radius 2 is 0.667 bits per heavy atom. The first-order valence-electron chi connectivity index (χ1n) is 20.3. The SMILES string of the molecule is CCCCCCCCCCCCCCOCC(CCCCCCCCOCCCCCCC)(CC[N+](C)(C)C)CC[N+](C)(C)C. The lowest BCUT2D eigenvalue weighted by Crippen LogP contribution is -2.43. The molecule has 0 heterocycles. The maximum absolute atomic E-state index is 6.56. The fourth-order valence-electron chi connectivity index (χ4n) is 6.39. The van der Waals surface area contributed by atoms with Gasteiger partial charge in [-0.25, -0.2) is 0 Å². The first-order valence-corrected chi connectivity index (χ1v) is 20.3. The molecule has 0 atom stereocenters. The zero-order valence-corrected chi connectivity index (χ0v) is 32.8. The molecule has 0 aromatic heterocycles. The third kappa shape index (κ3) is 33.5. The van der Waals surface area contributed by atoms with Gasteiger partial charge in [-0.05, 0) is 25.7 Å². The Hall–Kier alpha value is -0.160. The maximum Gasteiger partial charge on any atom is 0.0786 e. The molecule has 0 radical (unpaired) electrons. The second-order valence-corrected chi connectivity index (χ2v) is 16.9. The van der Waals surface area contributed by atoms with Gasteiger partial charge < -0.3 is 18.4 Å². The molecule has 0 aromatic rings. The van der Waals surface area contributed by atoms with Gasteiger partial charge in [-0.15, -0.1) is 0 Å². The van der Waals surface area contributed by atoms with Gasteiger partial charge in [-0.2, -0.15) is 0 Å². The molecule has 0 aromatic carbocycles. The zero-order valence-electron chi connectivity index (χ0n) is 32.8. The summed E-state index contributed by atoms with van der Waals surface area (Å²) in [5.74, 6) is 0. The van der Waals surface area contributed by atoms with Gasteiger partial charge in [0.2, 0.25) is 0 Å². The average molecular weight is 641 g/mol. The molecule has 0 bridgehead atoms. The quantitative estimate of drug-likeness (QED) is 0.0501. The van der Waals surface area contributed by atoms with Crippen LogP contribution in [0.3, 0.4) is 0 Å². The second-order valence-electron chi connectivity index (χ2n) is 16.9. The molecule has 0 aliphatic heterocycles. The minimum absolute atomic E-state index is 0.319. The predicted octanol–water partition coefficient (Wildman–Crippen LogP) is 11.6. The third-order valence-electron chi connectivity index (χ3n) is 9.81. The van der Waals surface area contributed by atoms with Gasteiger partial charge in [0.25, 0.3) is 0 Å². The van der Waals surface area contributed by atoms with Crippen molar-refractivity contribution in [2.24, 2.45) is 5.41 Å². The van der Waals surface area contributed by atoms with Crippen LogP contribution in [0.1, 0.15) is 181 Å². The van der Waals surface area contributed by atoms with E-state index in [1.54, 1.807) is 0 Å². The van der Waals surface area contributed by atoms with Crippen LogP contribution in [0.2, 0.25) is 0 Å². The number of unbranched alkanes of at least 4 members (excludes halogenated alkanes) is 20. The first-order chi connectivity index (χ1) is 21.5. The highest BCUT2D eigenvalue weighted by molar-refractivity contribution is 4.80. The third-order valence-corrected chi connectivity index (χ3v) is 9.81. The van der Waals surface area contributed by atoms with E-state index in [1.807, 2.05) is 0 Å². The molecule has 0 aliphatic carbocycles. The van der Waals surface area contributed by atoms with Crippen LogP contribution < -0.4 is 0 Å². The van der Waals surface area contributed by atoms with Crippen LogP contribution in [0.15, 0.2) is 0 Å². The molecule has 0 saturated heterocycles. The number of hydrogen-bond donors (Lipinski definition) is 0. The van der Waals surface area contributed by atoms with E-state index in [0.29, 0.717) is 5.41 Å². The van der Waals surface area contributed by atoms with Crippen LogP contribution >= 0.6 is 0 Å². The van der Waals surface area contributed by atoms with E-state index in [0.717, 1.165) is 35.4 Å². The van der Waals surface area contributed by atoms with Crippen molar-refractivity contribution >= 4 is 0 Å². The van der Waals surface area contributed by atoms with E-state index in [-0.39, 0.29) is 0 Å². The van der Waals surface area contributed by atoms with Crippen LogP contribution in [0.5, 0.6) is 0 Å². The van der Waals surface area contributed by atoms with Crippen molar-refractivity contribution in [2.45, 2.75) is 181 Å². The first kappa shape index (κ1) is 44.8. The van der Waals surface area contributed by atoms with Crippen molar-refractivity contribution in [2.75, 3.05) is 81.8 Å². The van der Waals surface area contributed by atoms with Gasteiger partial charge in [-0.3, -0.25) is 0 Å². The van der Waals surface area contributed by atoms with Gasteiger partial charge in [0.1, 0.15) is 0 Å². The molecular weight excluding hydrogens is 552 g/mol. The summed E-state index contributed by atoms with van der Waals surface area (Å²) < 4.78 is 14.5. The molecule has 4 heteroatoms. The molecule has 4 nitrogen and oxygen atoms in total.